The van der Waals surface area contributed by atoms with Crippen LogP contribution in [-0.4, -0.2) is 49.8 Å². The first-order chi connectivity index (χ1) is 14.7. The van der Waals surface area contributed by atoms with Crippen molar-refractivity contribution in [3.8, 4) is 5.75 Å². The molecule has 2 heterocycles. The molecule has 0 bridgehead atoms. The zero-order valence-corrected chi connectivity index (χ0v) is 17.3. The smallest absolute Gasteiger partial charge is 0.157 e. The van der Waals surface area contributed by atoms with E-state index in [9.17, 15) is 0 Å². The minimum atomic E-state index is 0.614. The average Bonchev–Trinajstić information content (AvgIpc) is 2.81. The van der Waals surface area contributed by atoms with E-state index < -0.39 is 0 Å². The van der Waals surface area contributed by atoms with E-state index in [2.05, 4.69) is 61.5 Å². The fraction of sp³-hybridized carbons (Fsp3) is 0.304. The molecule has 4 rings (SSSR count). The maximum atomic E-state index is 6.41. The quantitative estimate of drug-likeness (QED) is 0.626. The number of nitrogens with two attached hydrogens (primary N) is 1. The van der Waals surface area contributed by atoms with Gasteiger partial charge in [-0.1, -0.05) is 30.3 Å². The van der Waals surface area contributed by atoms with Crippen molar-refractivity contribution in [2.45, 2.75) is 6.42 Å². The van der Waals surface area contributed by atoms with Gasteiger partial charge in [-0.05, 0) is 36.2 Å². The Morgan fingerprint density at radius 3 is 2.33 bits per heavy atom. The minimum Gasteiger partial charge on any atom is -0.497 e. The summed E-state index contributed by atoms with van der Waals surface area (Å²) in [6.45, 7) is 4.31. The first kappa shape index (κ1) is 19.8. The lowest BCUT2D eigenvalue weighted by Gasteiger charge is -2.37. The summed E-state index contributed by atoms with van der Waals surface area (Å²) in [5.41, 5.74) is 9.52. The zero-order chi connectivity index (χ0) is 20.8. The Morgan fingerprint density at radius 1 is 0.933 bits per heavy atom. The molecule has 0 aliphatic carbocycles. The predicted molar refractivity (Wildman–Crippen MR) is 123 cm³/mol. The Kier molecular flexibility index (Phi) is 6.17. The van der Waals surface area contributed by atoms with Crippen molar-refractivity contribution in [1.82, 2.24) is 9.97 Å². The molecule has 1 aromatic heterocycles. The second-order valence-corrected chi connectivity index (χ2v) is 7.29. The maximum Gasteiger partial charge on any atom is 0.157 e. The monoisotopic (exact) mass is 404 g/mol. The van der Waals surface area contributed by atoms with Crippen molar-refractivity contribution >= 4 is 23.0 Å². The van der Waals surface area contributed by atoms with Crippen LogP contribution in [0.5, 0.6) is 5.75 Å². The molecule has 0 spiro atoms. The first-order valence-electron chi connectivity index (χ1n) is 10.3. The molecule has 0 unspecified atom stereocenters. The summed E-state index contributed by atoms with van der Waals surface area (Å²) in [6, 6.07) is 18.6. The van der Waals surface area contributed by atoms with Crippen LogP contribution >= 0.6 is 0 Å². The third-order valence-corrected chi connectivity index (χ3v) is 5.43. The van der Waals surface area contributed by atoms with E-state index in [1.165, 1.54) is 11.3 Å². The van der Waals surface area contributed by atoms with Crippen molar-refractivity contribution in [3.05, 3.63) is 66.5 Å². The van der Waals surface area contributed by atoms with E-state index in [0.717, 1.165) is 50.7 Å². The molecule has 1 aliphatic heterocycles. The Balaban J connectivity index is 1.35. The summed E-state index contributed by atoms with van der Waals surface area (Å²) in [5, 5.41) is 3.36. The van der Waals surface area contributed by atoms with Crippen LogP contribution in [0.2, 0.25) is 0 Å². The number of hydrogen-bond acceptors (Lipinski definition) is 7. The maximum absolute atomic E-state index is 6.41. The lowest BCUT2D eigenvalue weighted by molar-refractivity contribution is 0.415. The van der Waals surface area contributed by atoms with Gasteiger partial charge >= 0.3 is 0 Å². The van der Waals surface area contributed by atoms with E-state index in [1.807, 2.05) is 18.2 Å². The van der Waals surface area contributed by atoms with E-state index in [-0.39, 0.29) is 0 Å². The highest BCUT2D eigenvalue weighted by Gasteiger charge is 2.21. The van der Waals surface area contributed by atoms with Crippen LogP contribution in [0.1, 0.15) is 5.56 Å². The Hall–Kier alpha value is -3.48. The van der Waals surface area contributed by atoms with Crippen LogP contribution in [-0.2, 0) is 6.42 Å². The minimum absolute atomic E-state index is 0.614. The third kappa shape index (κ3) is 4.56. The van der Waals surface area contributed by atoms with Gasteiger partial charge in [0.2, 0.25) is 0 Å². The van der Waals surface area contributed by atoms with Gasteiger partial charge in [-0.15, -0.1) is 0 Å². The number of piperazine rings is 1. The number of nitrogen functional groups attached to an aromatic ring is 1. The molecule has 0 amide bonds. The molecule has 7 nitrogen and oxygen atoms in total. The summed E-state index contributed by atoms with van der Waals surface area (Å²) < 4.78 is 5.25. The van der Waals surface area contributed by atoms with E-state index in [0.29, 0.717) is 11.5 Å². The van der Waals surface area contributed by atoms with Gasteiger partial charge in [0.25, 0.3) is 0 Å². The molecular weight excluding hydrogens is 376 g/mol. The van der Waals surface area contributed by atoms with Crippen molar-refractivity contribution in [3.63, 3.8) is 0 Å². The highest BCUT2D eigenvalue weighted by molar-refractivity contribution is 5.75. The largest absolute Gasteiger partial charge is 0.497 e. The first-order valence-corrected chi connectivity index (χ1v) is 10.3. The molecule has 3 N–H and O–H groups in total. The topological polar surface area (TPSA) is 79.5 Å². The number of anilines is 4. The van der Waals surface area contributed by atoms with Gasteiger partial charge in [0.1, 0.15) is 17.8 Å². The lowest BCUT2D eigenvalue weighted by Crippen LogP contribution is -2.47. The fourth-order valence-corrected chi connectivity index (χ4v) is 3.72. The Bertz CT molecular complexity index is 940. The van der Waals surface area contributed by atoms with Gasteiger partial charge in [0.15, 0.2) is 11.6 Å². The summed E-state index contributed by atoms with van der Waals surface area (Å²) >= 11 is 0. The van der Waals surface area contributed by atoms with Gasteiger partial charge < -0.3 is 25.6 Å². The van der Waals surface area contributed by atoms with Crippen molar-refractivity contribution < 1.29 is 4.74 Å². The van der Waals surface area contributed by atoms with Crippen LogP contribution in [0.4, 0.5) is 23.0 Å². The summed E-state index contributed by atoms with van der Waals surface area (Å²) in [5.74, 6) is 2.38. The molecule has 156 valence electrons. The number of nitrogens with zero attached hydrogens (tertiary/aromatic N) is 4. The van der Waals surface area contributed by atoms with Gasteiger partial charge in [-0.2, -0.15) is 0 Å². The highest BCUT2D eigenvalue weighted by atomic mass is 16.5. The number of aromatic nitrogens is 2. The summed E-state index contributed by atoms with van der Waals surface area (Å²) in [6.07, 6.45) is 2.51. The number of hydrogen-bond donors (Lipinski definition) is 2. The molecule has 30 heavy (non-hydrogen) atoms. The summed E-state index contributed by atoms with van der Waals surface area (Å²) in [7, 11) is 1.69. The number of methoxy groups -OCH3 is 1. The molecular formula is C23H28N6O. The molecule has 1 aliphatic rings. The number of rotatable bonds is 7. The second-order valence-electron chi connectivity index (χ2n) is 7.29. The molecule has 0 saturated carbocycles. The van der Waals surface area contributed by atoms with Gasteiger partial charge in [-0.3, -0.25) is 0 Å². The predicted octanol–water partition coefficient (Wildman–Crippen LogP) is 3.05. The SMILES string of the molecule is COc1ccc(N2CCN(c3ncnc(NCCc4ccccc4)c3N)CC2)cc1. The normalized spacial score (nSPS) is 13.9. The van der Waals surface area contributed by atoms with Crippen molar-refractivity contribution in [2.75, 3.05) is 60.7 Å². The van der Waals surface area contributed by atoms with Crippen LogP contribution in [0, 0.1) is 0 Å². The van der Waals surface area contributed by atoms with Gasteiger partial charge in [0, 0.05) is 38.4 Å². The lowest BCUT2D eigenvalue weighted by atomic mass is 10.1. The molecule has 3 aromatic rings. The van der Waals surface area contributed by atoms with Crippen LogP contribution in [0.25, 0.3) is 0 Å². The molecule has 1 saturated heterocycles. The molecule has 1 fully saturated rings. The molecule has 0 radical (unpaired) electrons. The Morgan fingerprint density at radius 2 is 1.63 bits per heavy atom. The fourth-order valence-electron chi connectivity index (χ4n) is 3.72. The highest BCUT2D eigenvalue weighted by Crippen LogP contribution is 2.28. The number of nitrogens with one attached hydrogen (secondary N) is 1. The van der Waals surface area contributed by atoms with Crippen LogP contribution < -0.4 is 25.6 Å². The molecule has 0 atom stereocenters. The van der Waals surface area contributed by atoms with Gasteiger partial charge in [-0.25, -0.2) is 9.97 Å². The summed E-state index contributed by atoms with van der Waals surface area (Å²) in [4.78, 5) is 13.4. The second kappa shape index (κ2) is 9.35. The molecule has 2 aromatic carbocycles. The number of ether oxygens (including phenoxy) is 1. The third-order valence-electron chi connectivity index (χ3n) is 5.43. The van der Waals surface area contributed by atoms with E-state index in [1.54, 1.807) is 13.4 Å². The van der Waals surface area contributed by atoms with Crippen molar-refractivity contribution in [1.29, 1.82) is 0 Å². The van der Waals surface area contributed by atoms with Gasteiger partial charge in [0.05, 0.1) is 7.11 Å². The van der Waals surface area contributed by atoms with Crippen LogP contribution in [0.15, 0.2) is 60.9 Å². The van der Waals surface area contributed by atoms with Crippen molar-refractivity contribution in [2.24, 2.45) is 0 Å². The van der Waals surface area contributed by atoms with E-state index in [4.69, 9.17) is 10.5 Å². The Labute approximate surface area is 177 Å². The zero-order valence-electron chi connectivity index (χ0n) is 17.3. The average molecular weight is 405 g/mol. The number of benzene rings is 2. The molecule has 7 heteroatoms. The standard InChI is InChI=1S/C23H28N6O/c1-30-20-9-7-19(8-10-20)28-13-15-29(16-14-28)23-21(24)22(26-17-27-23)25-12-11-18-5-3-2-4-6-18/h2-10,17H,11-16,24H2,1H3,(H,25,26,27). The van der Waals surface area contributed by atoms with E-state index >= 15 is 0 Å². The van der Waals surface area contributed by atoms with Crippen LogP contribution in [0.3, 0.4) is 0 Å².